The minimum absolute atomic E-state index is 0.342. The van der Waals surface area contributed by atoms with Crippen molar-refractivity contribution in [3.63, 3.8) is 0 Å². The van der Waals surface area contributed by atoms with E-state index in [0.717, 1.165) is 39.4 Å². The van der Waals surface area contributed by atoms with Gasteiger partial charge in [0, 0.05) is 17.3 Å². The second kappa shape index (κ2) is 9.44. The van der Waals surface area contributed by atoms with Crippen molar-refractivity contribution < 1.29 is 4.74 Å². The molecule has 0 saturated carbocycles. The van der Waals surface area contributed by atoms with E-state index in [1.807, 2.05) is 12.1 Å². The van der Waals surface area contributed by atoms with Crippen molar-refractivity contribution >= 4 is 28.1 Å². The average Bonchev–Trinajstić information content (AvgIpc) is 3.47. The third-order valence-electron chi connectivity index (χ3n) is 9.68. The second-order valence-corrected chi connectivity index (χ2v) is 12.4. The number of hydrogen-bond donors (Lipinski definition) is 0. The second-order valence-electron chi connectivity index (χ2n) is 12.4. The van der Waals surface area contributed by atoms with E-state index in [2.05, 4.69) is 163 Å². The van der Waals surface area contributed by atoms with E-state index in [4.69, 9.17) is 9.72 Å². The molecular weight excluding hydrogens is 550 g/mol. The van der Waals surface area contributed by atoms with Crippen LogP contribution in [0, 0.1) is 0 Å². The number of hydrogen-bond acceptors (Lipinski definition) is 3. The Morgan fingerprint density at radius 1 is 0.556 bits per heavy atom. The van der Waals surface area contributed by atoms with Gasteiger partial charge in [-0.15, -0.1) is 0 Å². The third-order valence-corrected chi connectivity index (χ3v) is 9.68. The monoisotopic (exact) mass is 581 g/mol. The number of nitrogens with zero attached hydrogens (tertiary/aromatic N) is 3. The zero-order chi connectivity index (χ0) is 30.2. The van der Waals surface area contributed by atoms with Crippen molar-refractivity contribution in [2.24, 2.45) is 0 Å². The van der Waals surface area contributed by atoms with Gasteiger partial charge in [-0.05, 0) is 66.4 Å². The predicted octanol–water partition coefficient (Wildman–Crippen LogP) is 10.1. The fraction of sp³-hybridized carbons (Fsp3) is 0.0976. The Bertz CT molecular complexity index is 2140. The summed E-state index contributed by atoms with van der Waals surface area (Å²) in [5.74, 6) is 0.832. The molecule has 0 radical (unpaired) electrons. The van der Waals surface area contributed by atoms with Crippen LogP contribution in [0.4, 0.5) is 17.1 Å². The van der Waals surface area contributed by atoms with Gasteiger partial charge in [0.1, 0.15) is 5.75 Å². The maximum atomic E-state index is 6.61. The third kappa shape index (κ3) is 3.51. The largest absolute Gasteiger partial charge is 0.425 e. The molecule has 0 fully saturated rings. The molecular formula is C41H31N3O. The van der Waals surface area contributed by atoms with Crippen molar-refractivity contribution in [3.05, 3.63) is 179 Å². The van der Waals surface area contributed by atoms with Crippen LogP contribution >= 0.6 is 0 Å². The lowest BCUT2D eigenvalue weighted by Crippen LogP contribution is -2.37. The predicted molar refractivity (Wildman–Crippen MR) is 181 cm³/mol. The van der Waals surface area contributed by atoms with E-state index in [-0.39, 0.29) is 5.54 Å². The quantitative estimate of drug-likeness (QED) is 0.208. The Balaban J connectivity index is 1.28. The molecule has 3 heterocycles. The highest BCUT2D eigenvalue weighted by atomic mass is 16.5. The van der Waals surface area contributed by atoms with Crippen molar-refractivity contribution in [3.8, 4) is 11.8 Å². The number of rotatable bonds is 3. The minimum atomic E-state index is -0.496. The molecule has 0 saturated heterocycles. The van der Waals surface area contributed by atoms with Crippen LogP contribution in [0.3, 0.4) is 0 Å². The van der Waals surface area contributed by atoms with E-state index in [1.54, 1.807) is 0 Å². The van der Waals surface area contributed by atoms with Gasteiger partial charge in [-0.25, -0.2) is 0 Å². The normalized spacial score (nSPS) is 15.4. The number of aromatic nitrogens is 2. The lowest BCUT2D eigenvalue weighted by Gasteiger charge is -2.46. The fourth-order valence-electron chi connectivity index (χ4n) is 7.76. The van der Waals surface area contributed by atoms with Crippen LogP contribution in [0.1, 0.15) is 41.7 Å². The first-order valence-corrected chi connectivity index (χ1v) is 15.5. The molecule has 0 aliphatic carbocycles. The van der Waals surface area contributed by atoms with Gasteiger partial charge in [0.25, 0.3) is 0 Å². The standard InChI is InChI=1S/C41H31N3O/c1-40(2)33-26-25-30(27-38(33)45-39-42-34-21-11-14-24-37(34)44(39)40)43-35-22-12-9-19-31(35)41(28-15-5-3-6-16-28,29-17-7-4-8-18-29)32-20-10-13-23-36(32)43/h3-27H,1-2H3. The van der Waals surface area contributed by atoms with E-state index in [0.29, 0.717) is 6.01 Å². The van der Waals surface area contributed by atoms with Crippen LogP contribution in [0.25, 0.3) is 11.0 Å². The summed E-state index contributed by atoms with van der Waals surface area (Å²) in [5, 5.41) is 0. The molecule has 0 unspecified atom stereocenters. The Hall–Kier alpha value is -5.61. The van der Waals surface area contributed by atoms with Gasteiger partial charge in [0.05, 0.1) is 33.4 Å². The maximum absolute atomic E-state index is 6.61. The Kier molecular flexibility index (Phi) is 5.42. The molecule has 2 aliphatic heterocycles. The number of fused-ring (bicyclic) bond motifs is 6. The van der Waals surface area contributed by atoms with Gasteiger partial charge in [-0.2, -0.15) is 4.98 Å². The maximum Gasteiger partial charge on any atom is 0.303 e. The molecule has 4 heteroatoms. The average molecular weight is 582 g/mol. The van der Waals surface area contributed by atoms with E-state index >= 15 is 0 Å². The molecule has 0 N–H and O–H groups in total. The lowest BCUT2D eigenvalue weighted by atomic mass is 9.62. The van der Waals surface area contributed by atoms with E-state index in [9.17, 15) is 0 Å². The van der Waals surface area contributed by atoms with Gasteiger partial charge in [-0.3, -0.25) is 4.57 Å². The van der Waals surface area contributed by atoms with Crippen LogP contribution in [-0.2, 0) is 11.0 Å². The Labute approximate surface area is 262 Å². The minimum Gasteiger partial charge on any atom is -0.425 e. The van der Waals surface area contributed by atoms with Crippen molar-refractivity contribution in [2.45, 2.75) is 24.8 Å². The molecule has 45 heavy (non-hydrogen) atoms. The van der Waals surface area contributed by atoms with Gasteiger partial charge in [0.15, 0.2) is 0 Å². The van der Waals surface area contributed by atoms with Crippen LogP contribution in [0.5, 0.6) is 11.8 Å². The van der Waals surface area contributed by atoms with Crippen molar-refractivity contribution in [1.82, 2.24) is 9.55 Å². The summed E-state index contributed by atoms with van der Waals surface area (Å²) in [5.41, 5.74) is 10.6. The number of imidazole rings is 1. The first kappa shape index (κ1) is 25.8. The summed E-state index contributed by atoms with van der Waals surface area (Å²) in [6.07, 6.45) is 0. The molecule has 7 aromatic rings. The zero-order valence-electron chi connectivity index (χ0n) is 25.2. The first-order valence-electron chi connectivity index (χ1n) is 15.5. The summed E-state index contributed by atoms with van der Waals surface area (Å²) < 4.78 is 8.82. The van der Waals surface area contributed by atoms with E-state index in [1.165, 1.54) is 22.3 Å². The number of para-hydroxylation sites is 4. The number of anilines is 3. The SMILES string of the molecule is CC1(C)c2ccc(N3c4ccccc4C(c4ccccc4)(c4ccccc4)c4ccccc43)cc2Oc2nc3ccccc3n21. The highest BCUT2D eigenvalue weighted by Crippen LogP contribution is 2.58. The lowest BCUT2D eigenvalue weighted by molar-refractivity contribution is 0.306. The molecule has 0 atom stereocenters. The fourth-order valence-corrected chi connectivity index (χ4v) is 7.76. The molecule has 1 aromatic heterocycles. The number of ether oxygens (including phenoxy) is 1. The summed E-state index contributed by atoms with van der Waals surface area (Å²) >= 11 is 0. The molecule has 216 valence electrons. The Morgan fingerprint density at radius 2 is 1.11 bits per heavy atom. The Morgan fingerprint density at radius 3 is 1.76 bits per heavy atom. The highest BCUT2D eigenvalue weighted by Gasteiger charge is 2.46. The first-order chi connectivity index (χ1) is 22.1. The highest BCUT2D eigenvalue weighted by molar-refractivity contribution is 5.90. The zero-order valence-corrected chi connectivity index (χ0v) is 25.2. The summed E-state index contributed by atoms with van der Waals surface area (Å²) in [7, 11) is 0. The van der Waals surface area contributed by atoms with Gasteiger partial charge < -0.3 is 9.64 Å². The molecule has 6 aromatic carbocycles. The topological polar surface area (TPSA) is 30.3 Å². The van der Waals surface area contributed by atoms with Crippen molar-refractivity contribution in [2.75, 3.05) is 4.90 Å². The number of benzene rings is 6. The van der Waals surface area contributed by atoms with Crippen LogP contribution < -0.4 is 9.64 Å². The molecule has 2 aliphatic rings. The van der Waals surface area contributed by atoms with Crippen molar-refractivity contribution in [1.29, 1.82) is 0 Å². The van der Waals surface area contributed by atoms with Crippen LogP contribution in [0.2, 0.25) is 0 Å². The molecule has 9 rings (SSSR count). The molecule has 4 nitrogen and oxygen atoms in total. The summed E-state index contributed by atoms with van der Waals surface area (Å²) in [4.78, 5) is 7.27. The van der Waals surface area contributed by atoms with Crippen LogP contribution in [0.15, 0.2) is 152 Å². The van der Waals surface area contributed by atoms with Crippen LogP contribution in [-0.4, -0.2) is 9.55 Å². The smallest absolute Gasteiger partial charge is 0.303 e. The summed E-state index contributed by atoms with van der Waals surface area (Å²) in [6.45, 7) is 4.48. The van der Waals surface area contributed by atoms with E-state index < -0.39 is 5.41 Å². The van der Waals surface area contributed by atoms with Gasteiger partial charge in [0.2, 0.25) is 0 Å². The van der Waals surface area contributed by atoms with Gasteiger partial charge in [-0.1, -0.05) is 115 Å². The van der Waals surface area contributed by atoms with Gasteiger partial charge >= 0.3 is 6.01 Å². The molecule has 0 amide bonds. The molecule has 0 spiro atoms. The summed E-state index contributed by atoms with van der Waals surface area (Å²) in [6, 6.07) is 55.0. The molecule has 0 bridgehead atoms.